The van der Waals surface area contributed by atoms with Crippen molar-refractivity contribution in [3.8, 4) is 0 Å². The highest BCUT2D eigenvalue weighted by Gasteiger charge is 2.25. The number of hydrogen-bond donors (Lipinski definition) is 0. The van der Waals surface area contributed by atoms with E-state index in [9.17, 15) is 4.79 Å². The maximum Gasteiger partial charge on any atom is 0.313 e. The molecule has 2 rings (SSSR count). The first kappa shape index (κ1) is 11.8. The first-order valence-electron chi connectivity index (χ1n) is 5.80. The normalized spacial score (nSPS) is 18.6. The number of nitrogens with zero attached hydrogens (tertiary/aromatic N) is 1. The fraction of sp³-hybridized carbons (Fsp3) is 0.429. The lowest BCUT2D eigenvalue weighted by Gasteiger charge is -2.24. The summed E-state index contributed by atoms with van der Waals surface area (Å²) in [6, 6.07) is 1.95. The second kappa shape index (κ2) is 4.32. The van der Waals surface area contributed by atoms with Gasteiger partial charge in [0.15, 0.2) is 0 Å². The highest BCUT2D eigenvalue weighted by molar-refractivity contribution is 5.78. The zero-order valence-electron chi connectivity index (χ0n) is 10.4. The van der Waals surface area contributed by atoms with Gasteiger partial charge in [0, 0.05) is 12.4 Å². The molecule has 1 unspecified atom stereocenters. The molecule has 0 amide bonds. The summed E-state index contributed by atoms with van der Waals surface area (Å²) in [4.78, 5) is 16.0. The van der Waals surface area contributed by atoms with Crippen molar-refractivity contribution in [2.75, 3.05) is 0 Å². The van der Waals surface area contributed by atoms with Crippen molar-refractivity contribution >= 4 is 12.0 Å². The van der Waals surface area contributed by atoms with Crippen LogP contribution in [0.4, 0.5) is 0 Å². The van der Waals surface area contributed by atoms with Crippen LogP contribution in [0.2, 0.25) is 0 Å². The third kappa shape index (κ3) is 2.93. The Balaban J connectivity index is 2.11. The van der Waals surface area contributed by atoms with Gasteiger partial charge in [0.2, 0.25) is 0 Å². The van der Waals surface area contributed by atoms with Crippen molar-refractivity contribution in [3.05, 3.63) is 35.7 Å². The van der Waals surface area contributed by atoms with E-state index < -0.39 is 5.60 Å². The SMILES string of the molecule is CC(C)(C)OC(=O)C1C=Cc2cnccc2C1. The van der Waals surface area contributed by atoms with Gasteiger partial charge in [-0.2, -0.15) is 0 Å². The van der Waals surface area contributed by atoms with Gasteiger partial charge >= 0.3 is 5.97 Å². The van der Waals surface area contributed by atoms with Crippen molar-refractivity contribution < 1.29 is 9.53 Å². The Morgan fingerprint density at radius 3 is 2.94 bits per heavy atom. The molecule has 0 aliphatic heterocycles. The van der Waals surface area contributed by atoms with Crippen molar-refractivity contribution in [1.29, 1.82) is 0 Å². The number of esters is 1. The zero-order chi connectivity index (χ0) is 12.5. The summed E-state index contributed by atoms with van der Waals surface area (Å²) in [5.74, 6) is -0.333. The predicted octanol–water partition coefficient (Wildman–Crippen LogP) is 2.61. The van der Waals surface area contributed by atoms with E-state index in [1.165, 1.54) is 0 Å². The van der Waals surface area contributed by atoms with Crippen molar-refractivity contribution in [2.45, 2.75) is 32.8 Å². The topological polar surface area (TPSA) is 39.2 Å². The highest BCUT2D eigenvalue weighted by atomic mass is 16.6. The van der Waals surface area contributed by atoms with Crippen LogP contribution in [0, 0.1) is 5.92 Å². The standard InChI is InChI=1S/C14H17NO2/c1-14(2,3)17-13(16)11-4-5-12-9-15-7-6-10(12)8-11/h4-7,9,11H,8H2,1-3H3. The molecule has 0 aromatic carbocycles. The van der Waals surface area contributed by atoms with Gasteiger partial charge in [0.05, 0.1) is 5.92 Å². The van der Waals surface area contributed by atoms with Crippen LogP contribution in [0.25, 0.3) is 6.08 Å². The largest absolute Gasteiger partial charge is 0.460 e. The summed E-state index contributed by atoms with van der Waals surface area (Å²) in [6.45, 7) is 5.65. The molecule has 1 aliphatic carbocycles. The number of hydrogen-bond acceptors (Lipinski definition) is 3. The van der Waals surface area contributed by atoms with Crippen LogP contribution in [0.15, 0.2) is 24.5 Å². The maximum atomic E-state index is 11.9. The average Bonchev–Trinajstić information content (AvgIpc) is 2.26. The highest BCUT2D eigenvalue weighted by Crippen LogP contribution is 2.24. The molecule has 0 radical (unpaired) electrons. The number of pyridine rings is 1. The average molecular weight is 231 g/mol. The molecule has 1 aromatic heterocycles. The van der Waals surface area contributed by atoms with E-state index in [0.717, 1.165) is 11.1 Å². The monoisotopic (exact) mass is 231 g/mol. The van der Waals surface area contributed by atoms with Crippen LogP contribution >= 0.6 is 0 Å². The van der Waals surface area contributed by atoms with Crippen LogP contribution in [-0.4, -0.2) is 16.6 Å². The second-order valence-electron chi connectivity index (χ2n) is 5.28. The predicted molar refractivity (Wildman–Crippen MR) is 66.3 cm³/mol. The molecule has 0 fully saturated rings. The van der Waals surface area contributed by atoms with Crippen LogP contribution in [0.1, 0.15) is 31.9 Å². The number of ether oxygens (including phenoxy) is 1. The van der Waals surface area contributed by atoms with Gasteiger partial charge in [0.25, 0.3) is 0 Å². The smallest absolute Gasteiger partial charge is 0.313 e. The fourth-order valence-corrected chi connectivity index (χ4v) is 1.84. The summed E-state index contributed by atoms with van der Waals surface area (Å²) in [6.07, 6.45) is 8.11. The molecule has 1 heterocycles. The van der Waals surface area contributed by atoms with Gasteiger partial charge in [-0.1, -0.05) is 12.2 Å². The van der Waals surface area contributed by atoms with Crippen LogP contribution in [0.3, 0.4) is 0 Å². The van der Waals surface area contributed by atoms with Gasteiger partial charge in [0.1, 0.15) is 5.60 Å². The van der Waals surface area contributed by atoms with E-state index in [1.807, 2.05) is 45.2 Å². The Morgan fingerprint density at radius 1 is 1.47 bits per heavy atom. The van der Waals surface area contributed by atoms with Gasteiger partial charge in [-0.3, -0.25) is 9.78 Å². The van der Waals surface area contributed by atoms with E-state index in [4.69, 9.17) is 4.74 Å². The molecule has 0 spiro atoms. The summed E-state index contributed by atoms with van der Waals surface area (Å²) >= 11 is 0. The van der Waals surface area contributed by atoms with E-state index in [1.54, 1.807) is 6.20 Å². The number of rotatable bonds is 1. The first-order chi connectivity index (χ1) is 7.96. The molecule has 3 nitrogen and oxygen atoms in total. The second-order valence-corrected chi connectivity index (χ2v) is 5.28. The minimum atomic E-state index is -0.427. The maximum absolute atomic E-state index is 11.9. The van der Waals surface area contributed by atoms with E-state index in [0.29, 0.717) is 6.42 Å². The Morgan fingerprint density at radius 2 is 2.24 bits per heavy atom. The summed E-state index contributed by atoms with van der Waals surface area (Å²) < 4.78 is 5.39. The van der Waals surface area contributed by atoms with E-state index >= 15 is 0 Å². The van der Waals surface area contributed by atoms with Gasteiger partial charge < -0.3 is 4.74 Å². The lowest BCUT2D eigenvalue weighted by molar-refractivity contribution is -0.158. The molecule has 90 valence electrons. The van der Waals surface area contributed by atoms with Crippen molar-refractivity contribution in [1.82, 2.24) is 4.98 Å². The third-order valence-electron chi connectivity index (χ3n) is 2.60. The molecule has 1 aliphatic rings. The van der Waals surface area contributed by atoms with Crippen LogP contribution < -0.4 is 0 Å². The lowest BCUT2D eigenvalue weighted by atomic mass is 9.91. The van der Waals surface area contributed by atoms with E-state index in [2.05, 4.69) is 4.98 Å². The lowest BCUT2D eigenvalue weighted by Crippen LogP contribution is -2.29. The molecular weight excluding hydrogens is 214 g/mol. The number of aromatic nitrogens is 1. The quantitative estimate of drug-likeness (QED) is 0.697. The van der Waals surface area contributed by atoms with E-state index in [-0.39, 0.29) is 11.9 Å². The Hall–Kier alpha value is -1.64. The molecule has 17 heavy (non-hydrogen) atoms. The van der Waals surface area contributed by atoms with Gasteiger partial charge in [-0.15, -0.1) is 0 Å². The summed E-state index contributed by atoms with van der Waals surface area (Å²) in [7, 11) is 0. The molecule has 3 heteroatoms. The molecule has 0 bridgehead atoms. The molecule has 0 N–H and O–H groups in total. The molecule has 0 saturated carbocycles. The Labute approximate surface area is 102 Å². The van der Waals surface area contributed by atoms with Crippen LogP contribution in [0.5, 0.6) is 0 Å². The number of carbonyl (C=O) groups is 1. The molecule has 1 aromatic rings. The summed E-state index contributed by atoms with van der Waals surface area (Å²) in [5, 5.41) is 0. The molecular formula is C14H17NO2. The van der Waals surface area contributed by atoms with Crippen molar-refractivity contribution in [3.63, 3.8) is 0 Å². The third-order valence-corrected chi connectivity index (χ3v) is 2.60. The summed E-state index contributed by atoms with van der Waals surface area (Å²) in [5.41, 5.74) is 1.81. The molecule has 1 atom stereocenters. The first-order valence-corrected chi connectivity index (χ1v) is 5.80. The van der Waals surface area contributed by atoms with Crippen molar-refractivity contribution in [2.24, 2.45) is 5.92 Å². The zero-order valence-corrected chi connectivity index (χ0v) is 10.4. The minimum Gasteiger partial charge on any atom is -0.460 e. The fourth-order valence-electron chi connectivity index (χ4n) is 1.84. The Bertz CT molecular complexity index is 458. The minimum absolute atomic E-state index is 0.156. The van der Waals surface area contributed by atoms with Gasteiger partial charge in [-0.05, 0) is 44.4 Å². The number of fused-ring (bicyclic) bond motifs is 1. The molecule has 0 saturated heterocycles. The number of carbonyl (C=O) groups excluding carboxylic acids is 1. The van der Waals surface area contributed by atoms with Crippen LogP contribution in [-0.2, 0) is 16.0 Å². The van der Waals surface area contributed by atoms with Gasteiger partial charge in [-0.25, -0.2) is 0 Å². The Kier molecular flexibility index (Phi) is 3.01.